The number of hydrogen-bond donors (Lipinski definition) is 0. The summed E-state index contributed by atoms with van der Waals surface area (Å²) in [5.41, 5.74) is 1.43. The molecule has 0 heterocycles. The summed E-state index contributed by atoms with van der Waals surface area (Å²) in [5, 5.41) is 0. The average molecular weight is 214 g/mol. The molecule has 0 heteroatoms. The smallest absolute Gasteiger partial charge is 0.00103 e. The third-order valence-electron chi connectivity index (χ3n) is 3.65. The minimum absolute atomic E-state index is 0.558. The van der Waals surface area contributed by atoms with Gasteiger partial charge in [-0.3, -0.25) is 0 Å². The third-order valence-corrected chi connectivity index (χ3v) is 3.65. The van der Waals surface area contributed by atoms with Crippen LogP contribution in [0.5, 0.6) is 0 Å². The summed E-state index contributed by atoms with van der Waals surface area (Å²) < 4.78 is 0. The zero-order chi connectivity index (χ0) is 11.2. The van der Waals surface area contributed by atoms with Crippen LogP contribution in [0.3, 0.4) is 0 Å². The van der Waals surface area contributed by atoms with Crippen LogP contribution in [0.15, 0.2) is 42.5 Å². The molecule has 1 atom stereocenters. The summed E-state index contributed by atoms with van der Waals surface area (Å²) in [6.07, 6.45) is 11.9. The van der Waals surface area contributed by atoms with Gasteiger partial charge >= 0.3 is 0 Å². The highest BCUT2D eigenvalue weighted by Crippen LogP contribution is 2.26. The fourth-order valence-corrected chi connectivity index (χ4v) is 2.52. The van der Waals surface area contributed by atoms with Crippen molar-refractivity contribution in [1.82, 2.24) is 0 Å². The number of allylic oxidation sites excluding steroid dienone is 2. The Hall–Kier alpha value is -1.04. The number of benzene rings is 1. The van der Waals surface area contributed by atoms with E-state index in [1.54, 1.807) is 0 Å². The van der Waals surface area contributed by atoms with Gasteiger partial charge in [-0.25, -0.2) is 0 Å². The largest absolute Gasteiger partial charge is 0.0848 e. The van der Waals surface area contributed by atoms with Crippen LogP contribution >= 0.6 is 0 Å². The molecule has 0 saturated heterocycles. The minimum atomic E-state index is 0.558. The van der Waals surface area contributed by atoms with Crippen LogP contribution < -0.4 is 0 Å². The van der Waals surface area contributed by atoms with Crippen molar-refractivity contribution in [2.45, 2.75) is 44.9 Å². The summed E-state index contributed by atoms with van der Waals surface area (Å²) in [6.45, 7) is 2.29. The maximum absolute atomic E-state index is 2.46. The lowest BCUT2D eigenvalue weighted by Gasteiger charge is -2.18. The molecule has 1 saturated carbocycles. The first-order chi connectivity index (χ1) is 7.86. The van der Waals surface area contributed by atoms with E-state index in [-0.39, 0.29) is 0 Å². The molecule has 0 spiro atoms. The molecular formula is C16H22. The summed E-state index contributed by atoms with van der Waals surface area (Å²) in [4.78, 5) is 0. The summed E-state index contributed by atoms with van der Waals surface area (Å²) in [7, 11) is 0. The van der Waals surface area contributed by atoms with Gasteiger partial charge in [0.05, 0.1) is 0 Å². The number of rotatable bonds is 3. The lowest BCUT2D eigenvalue weighted by Crippen LogP contribution is -2.03. The molecule has 1 unspecified atom stereocenters. The van der Waals surface area contributed by atoms with E-state index >= 15 is 0 Å². The van der Waals surface area contributed by atoms with E-state index < -0.39 is 0 Å². The molecule has 1 aromatic rings. The van der Waals surface area contributed by atoms with Crippen LogP contribution in [0.2, 0.25) is 0 Å². The van der Waals surface area contributed by atoms with Gasteiger partial charge in [-0.15, -0.1) is 0 Å². The first-order valence-electron chi connectivity index (χ1n) is 6.59. The maximum Gasteiger partial charge on any atom is -0.00103 e. The van der Waals surface area contributed by atoms with Crippen LogP contribution in [0, 0.1) is 5.92 Å². The molecule has 2 rings (SSSR count). The van der Waals surface area contributed by atoms with Gasteiger partial charge in [-0.2, -0.15) is 0 Å². The Bertz CT molecular complexity index is 317. The summed E-state index contributed by atoms with van der Waals surface area (Å²) >= 11 is 0. The molecule has 0 amide bonds. The van der Waals surface area contributed by atoms with Crippen LogP contribution in [-0.4, -0.2) is 0 Å². The fraction of sp³-hybridized carbons (Fsp3) is 0.500. The van der Waals surface area contributed by atoms with Crippen LogP contribution in [-0.2, 0) is 0 Å². The molecule has 16 heavy (non-hydrogen) atoms. The zero-order valence-electron chi connectivity index (χ0n) is 10.2. The van der Waals surface area contributed by atoms with Crippen molar-refractivity contribution in [3.8, 4) is 0 Å². The van der Waals surface area contributed by atoms with E-state index in [1.807, 2.05) is 0 Å². The predicted octanol–water partition coefficient (Wildman–Crippen LogP) is 4.93. The molecule has 1 fully saturated rings. The fourth-order valence-electron chi connectivity index (χ4n) is 2.52. The van der Waals surface area contributed by atoms with Gasteiger partial charge in [0, 0.05) is 0 Å². The van der Waals surface area contributed by atoms with Crippen LogP contribution in [0.1, 0.15) is 50.5 Å². The quantitative estimate of drug-likeness (QED) is 0.626. The van der Waals surface area contributed by atoms with Crippen molar-refractivity contribution in [2.75, 3.05) is 0 Å². The van der Waals surface area contributed by atoms with Crippen LogP contribution in [0.4, 0.5) is 0 Å². The van der Waals surface area contributed by atoms with Crippen molar-refractivity contribution in [1.29, 1.82) is 0 Å². The highest BCUT2D eigenvalue weighted by molar-refractivity contribution is 5.22. The van der Waals surface area contributed by atoms with Gasteiger partial charge < -0.3 is 0 Å². The van der Waals surface area contributed by atoms with Crippen molar-refractivity contribution in [3.05, 3.63) is 48.0 Å². The second-order valence-electron chi connectivity index (χ2n) is 4.98. The van der Waals surface area contributed by atoms with Crippen molar-refractivity contribution < 1.29 is 0 Å². The van der Waals surface area contributed by atoms with Gasteiger partial charge in [-0.05, 0) is 30.2 Å². The molecule has 86 valence electrons. The first kappa shape index (κ1) is 11.4. The highest BCUT2D eigenvalue weighted by atomic mass is 14.2. The van der Waals surface area contributed by atoms with Crippen LogP contribution in [0.25, 0.3) is 0 Å². The Morgan fingerprint density at radius 1 is 1.06 bits per heavy atom. The minimum Gasteiger partial charge on any atom is -0.0848 e. The van der Waals surface area contributed by atoms with Gasteiger partial charge in [0.15, 0.2) is 0 Å². The summed E-state index contributed by atoms with van der Waals surface area (Å²) in [6, 6.07) is 10.8. The summed E-state index contributed by atoms with van der Waals surface area (Å²) in [5.74, 6) is 1.41. The maximum atomic E-state index is 2.46. The molecule has 0 nitrogen and oxygen atoms in total. The second kappa shape index (κ2) is 5.89. The average Bonchev–Trinajstić information content (AvgIpc) is 2.38. The standard InChI is InChI=1S/C16H22/c1-14(16-10-6-3-7-11-16)12-13-15-8-4-2-5-9-15/h3,6-7,10-15H,2,4-5,8-9H2,1H3. The normalized spacial score (nSPS) is 20.1. The number of hydrogen-bond acceptors (Lipinski definition) is 0. The predicted molar refractivity (Wildman–Crippen MR) is 70.6 cm³/mol. The molecule has 1 aliphatic rings. The molecular weight excluding hydrogens is 192 g/mol. The molecule has 0 bridgehead atoms. The van der Waals surface area contributed by atoms with E-state index in [4.69, 9.17) is 0 Å². The van der Waals surface area contributed by atoms with Gasteiger partial charge in [0.2, 0.25) is 0 Å². The van der Waals surface area contributed by atoms with E-state index in [0.717, 1.165) is 5.92 Å². The van der Waals surface area contributed by atoms with E-state index in [2.05, 4.69) is 49.4 Å². The molecule has 0 aliphatic heterocycles. The van der Waals surface area contributed by atoms with Crippen molar-refractivity contribution in [3.63, 3.8) is 0 Å². The van der Waals surface area contributed by atoms with Gasteiger partial charge in [0.25, 0.3) is 0 Å². The topological polar surface area (TPSA) is 0 Å². The molecule has 0 N–H and O–H groups in total. The Morgan fingerprint density at radius 2 is 1.75 bits per heavy atom. The Kier molecular flexibility index (Phi) is 4.21. The highest BCUT2D eigenvalue weighted by Gasteiger charge is 2.10. The monoisotopic (exact) mass is 214 g/mol. The van der Waals surface area contributed by atoms with E-state index in [0.29, 0.717) is 5.92 Å². The van der Waals surface area contributed by atoms with Gasteiger partial charge in [0.1, 0.15) is 0 Å². The third kappa shape index (κ3) is 3.23. The lowest BCUT2D eigenvalue weighted by atomic mass is 9.88. The van der Waals surface area contributed by atoms with Crippen molar-refractivity contribution in [2.24, 2.45) is 5.92 Å². The zero-order valence-corrected chi connectivity index (χ0v) is 10.2. The Balaban J connectivity index is 1.91. The molecule has 1 aromatic carbocycles. The van der Waals surface area contributed by atoms with E-state index in [1.165, 1.54) is 37.7 Å². The second-order valence-corrected chi connectivity index (χ2v) is 4.98. The Morgan fingerprint density at radius 3 is 2.44 bits per heavy atom. The molecule has 1 aliphatic carbocycles. The molecule has 0 radical (unpaired) electrons. The van der Waals surface area contributed by atoms with Gasteiger partial charge in [-0.1, -0.05) is 68.7 Å². The van der Waals surface area contributed by atoms with E-state index in [9.17, 15) is 0 Å². The first-order valence-corrected chi connectivity index (χ1v) is 6.59. The lowest BCUT2D eigenvalue weighted by molar-refractivity contribution is 0.418. The molecule has 0 aromatic heterocycles. The van der Waals surface area contributed by atoms with Crippen molar-refractivity contribution >= 4 is 0 Å². The Labute approximate surface area is 99.4 Å². The SMILES string of the molecule is CC(C=CC1CCCCC1)c1ccccc1.